The van der Waals surface area contributed by atoms with Crippen LogP contribution >= 0.6 is 51.2 Å². The van der Waals surface area contributed by atoms with Gasteiger partial charge < -0.3 is 14.8 Å². The Balaban J connectivity index is 0.00000264. The first-order valence-corrected chi connectivity index (χ1v) is 8.67. The van der Waals surface area contributed by atoms with Gasteiger partial charge in [0.05, 0.1) is 18.8 Å². The molecule has 2 aromatic rings. The molecule has 23 heavy (non-hydrogen) atoms. The molecule has 0 saturated carbocycles. The fourth-order valence-corrected chi connectivity index (χ4v) is 3.64. The zero-order valence-corrected chi connectivity index (χ0v) is 18.8. The number of nitrogens with one attached hydrogen (secondary N) is 1. The Bertz CT molecular complexity index is 660. The molecule has 0 spiro atoms. The van der Waals surface area contributed by atoms with Crippen LogP contribution in [0.5, 0.6) is 0 Å². The molecule has 0 aliphatic heterocycles. The van der Waals surface area contributed by atoms with Gasteiger partial charge >= 0.3 is 0 Å². The van der Waals surface area contributed by atoms with Gasteiger partial charge in [0, 0.05) is 42.4 Å². The average Bonchev–Trinajstić information content (AvgIpc) is 2.93. The maximum atomic E-state index is 4.55. The van der Waals surface area contributed by atoms with E-state index in [9.17, 15) is 0 Å². The van der Waals surface area contributed by atoms with Crippen LogP contribution in [0, 0.1) is 13.8 Å². The molecular formula is C15H23BrIN5S. The van der Waals surface area contributed by atoms with Crippen molar-refractivity contribution in [2.75, 3.05) is 14.1 Å². The second-order valence-electron chi connectivity index (χ2n) is 5.27. The van der Waals surface area contributed by atoms with Gasteiger partial charge in [0.1, 0.15) is 5.01 Å². The molecule has 0 aliphatic rings. The van der Waals surface area contributed by atoms with Gasteiger partial charge in [0.25, 0.3) is 0 Å². The molecule has 2 aromatic heterocycles. The van der Waals surface area contributed by atoms with E-state index in [-0.39, 0.29) is 24.0 Å². The number of thiazole rings is 1. The average molecular weight is 512 g/mol. The largest absolute Gasteiger partial charge is 0.352 e. The summed E-state index contributed by atoms with van der Waals surface area (Å²) in [6.45, 7) is 5.64. The predicted octanol–water partition coefficient (Wildman–Crippen LogP) is 3.69. The van der Waals surface area contributed by atoms with Gasteiger partial charge in [-0.25, -0.2) is 4.98 Å². The quantitative estimate of drug-likeness (QED) is 0.387. The summed E-state index contributed by atoms with van der Waals surface area (Å²) >= 11 is 5.24. The van der Waals surface area contributed by atoms with Gasteiger partial charge in [0.2, 0.25) is 0 Å². The zero-order valence-electron chi connectivity index (χ0n) is 14.1. The van der Waals surface area contributed by atoms with Crippen molar-refractivity contribution in [2.45, 2.75) is 26.9 Å². The van der Waals surface area contributed by atoms with Crippen molar-refractivity contribution < 1.29 is 0 Å². The summed E-state index contributed by atoms with van der Waals surface area (Å²) in [4.78, 5) is 12.3. The lowest BCUT2D eigenvalue weighted by Gasteiger charge is -2.22. The summed E-state index contributed by atoms with van der Waals surface area (Å²) in [5.74, 6) is 0.864. The fraction of sp³-hybridized carbons (Fsp3) is 0.467. The van der Waals surface area contributed by atoms with E-state index < -0.39 is 0 Å². The monoisotopic (exact) mass is 511 g/mol. The van der Waals surface area contributed by atoms with Crippen molar-refractivity contribution in [3.8, 4) is 0 Å². The van der Waals surface area contributed by atoms with E-state index in [1.165, 1.54) is 10.6 Å². The Morgan fingerprint density at radius 3 is 2.65 bits per heavy atom. The first-order valence-electron chi connectivity index (χ1n) is 7.06. The predicted molar refractivity (Wildman–Crippen MR) is 112 cm³/mol. The molecule has 8 heteroatoms. The van der Waals surface area contributed by atoms with Gasteiger partial charge in [0.15, 0.2) is 5.96 Å². The van der Waals surface area contributed by atoms with Crippen LogP contribution in [0.1, 0.15) is 21.3 Å². The van der Waals surface area contributed by atoms with E-state index in [0.29, 0.717) is 6.54 Å². The van der Waals surface area contributed by atoms with Crippen LogP contribution in [0.2, 0.25) is 0 Å². The van der Waals surface area contributed by atoms with Crippen molar-refractivity contribution in [3.63, 3.8) is 0 Å². The highest BCUT2D eigenvalue weighted by Crippen LogP contribution is 2.17. The van der Waals surface area contributed by atoms with Crippen LogP contribution in [0.15, 0.2) is 21.7 Å². The van der Waals surface area contributed by atoms with Gasteiger partial charge in [-0.2, -0.15) is 0 Å². The molecular weight excluding hydrogens is 489 g/mol. The standard InChI is InChI=1S/C15H22BrN5S.HI/c1-10-11(2)22-14(19-10)7-18-15(17-3)21(5)9-13-6-12(16)8-20(13)4;/h6,8H,7,9H2,1-5H3,(H,17,18);1H. The van der Waals surface area contributed by atoms with Crippen molar-refractivity contribution in [3.05, 3.63) is 38.0 Å². The Hall–Kier alpha value is -0.610. The Morgan fingerprint density at radius 1 is 1.48 bits per heavy atom. The number of hydrogen-bond donors (Lipinski definition) is 1. The van der Waals surface area contributed by atoms with E-state index in [2.05, 4.69) is 59.9 Å². The van der Waals surface area contributed by atoms with Crippen molar-refractivity contribution >= 4 is 57.2 Å². The van der Waals surface area contributed by atoms with Gasteiger partial charge in [-0.3, -0.25) is 4.99 Å². The molecule has 0 bridgehead atoms. The summed E-state index contributed by atoms with van der Waals surface area (Å²) < 4.78 is 3.21. The lowest BCUT2D eigenvalue weighted by atomic mass is 10.4. The van der Waals surface area contributed by atoms with Gasteiger partial charge in [-0.15, -0.1) is 35.3 Å². The van der Waals surface area contributed by atoms with Crippen molar-refractivity contribution in [1.29, 1.82) is 0 Å². The van der Waals surface area contributed by atoms with Crippen LogP contribution in [0.4, 0.5) is 0 Å². The number of hydrogen-bond acceptors (Lipinski definition) is 3. The molecule has 2 heterocycles. The maximum absolute atomic E-state index is 4.55. The highest BCUT2D eigenvalue weighted by molar-refractivity contribution is 14.0. The molecule has 0 atom stereocenters. The van der Waals surface area contributed by atoms with Crippen LogP contribution in [0.25, 0.3) is 0 Å². The van der Waals surface area contributed by atoms with E-state index in [1.54, 1.807) is 18.4 Å². The highest BCUT2D eigenvalue weighted by atomic mass is 127. The van der Waals surface area contributed by atoms with Crippen LogP contribution in [0.3, 0.4) is 0 Å². The number of aliphatic imine (C=N–C) groups is 1. The summed E-state index contributed by atoms with van der Waals surface area (Å²) in [5.41, 5.74) is 2.33. The molecule has 0 unspecified atom stereocenters. The number of aryl methyl sites for hydroxylation is 3. The minimum Gasteiger partial charge on any atom is -0.352 e. The third kappa shape index (κ3) is 5.46. The molecule has 0 aromatic carbocycles. The first-order chi connectivity index (χ1) is 10.4. The minimum atomic E-state index is 0. The van der Waals surface area contributed by atoms with E-state index in [0.717, 1.165) is 27.7 Å². The lowest BCUT2D eigenvalue weighted by molar-refractivity contribution is 0.461. The third-order valence-electron chi connectivity index (χ3n) is 3.52. The smallest absolute Gasteiger partial charge is 0.194 e. The molecule has 2 rings (SSSR count). The van der Waals surface area contributed by atoms with Gasteiger partial charge in [-0.05, 0) is 35.8 Å². The number of nitrogens with zero attached hydrogens (tertiary/aromatic N) is 4. The van der Waals surface area contributed by atoms with E-state index >= 15 is 0 Å². The number of halogens is 2. The van der Waals surface area contributed by atoms with E-state index in [1.807, 2.05) is 21.0 Å². The second-order valence-corrected chi connectivity index (χ2v) is 7.47. The fourth-order valence-electron chi connectivity index (χ4n) is 2.20. The molecule has 0 radical (unpaired) electrons. The SMILES string of the molecule is CN=C(NCc1nc(C)c(C)s1)N(C)Cc1cc(Br)cn1C.I. The molecule has 0 fully saturated rings. The third-order valence-corrected chi connectivity index (χ3v) is 5.02. The Labute approximate surface area is 167 Å². The van der Waals surface area contributed by atoms with Crippen molar-refractivity contribution in [2.24, 2.45) is 12.0 Å². The maximum Gasteiger partial charge on any atom is 0.194 e. The van der Waals surface area contributed by atoms with E-state index in [4.69, 9.17) is 0 Å². The normalized spacial score (nSPS) is 11.3. The lowest BCUT2D eigenvalue weighted by Crippen LogP contribution is -2.38. The molecule has 0 amide bonds. The van der Waals surface area contributed by atoms with Gasteiger partial charge in [-0.1, -0.05) is 0 Å². The first kappa shape index (κ1) is 20.4. The summed E-state index contributed by atoms with van der Waals surface area (Å²) in [6, 6.07) is 2.12. The van der Waals surface area contributed by atoms with Crippen LogP contribution < -0.4 is 5.32 Å². The molecule has 0 aliphatic carbocycles. The number of rotatable bonds is 4. The second kappa shape index (κ2) is 9.03. The van der Waals surface area contributed by atoms with Crippen molar-refractivity contribution in [1.82, 2.24) is 19.8 Å². The highest BCUT2D eigenvalue weighted by Gasteiger charge is 2.11. The molecule has 128 valence electrons. The van der Waals surface area contributed by atoms with Crippen LogP contribution in [-0.2, 0) is 20.1 Å². The summed E-state index contributed by atoms with van der Waals surface area (Å²) in [6.07, 6.45) is 2.06. The number of guanidine groups is 1. The molecule has 1 N–H and O–H groups in total. The Kier molecular flexibility index (Phi) is 8.02. The molecule has 0 saturated heterocycles. The topological polar surface area (TPSA) is 45.5 Å². The Morgan fingerprint density at radius 2 is 2.17 bits per heavy atom. The zero-order chi connectivity index (χ0) is 16.3. The van der Waals surface area contributed by atoms with Crippen LogP contribution in [-0.4, -0.2) is 34.5 Å². The molecule has 5 nitrogen and oxygen atoms in total. The minimum absolute atomic E-state index is 0. The number of aromatic nitrogens is 2. The summed E-state index contributed by atoms with van der Waals surface area (Å²) in [7, 11) is 5.89. The summed E-state index contributed by atoms with van der Waals surface area (Å²) in [5, 5.41) is 4.46.